The first-order valence-corrected chi connectivity index (χ1v) is 9.02. The van der Waals surface area contributed by atoms with Gasteiger partial charge in [0.05, 0.1) is 17.1 Å². The van der Waals surface area contributed by atoms with Gasteiger partial charge >= 0.3 is 6.18 Å². The number of anilines is 1. The van der Waals surface area contributed by atoms with Crippen molar-refractivity contribution in [2.24, 2.45) is 0 Å². The number of aromatic nitrogens is 4. The van der Waals surface area contributed by atoms with E-state index in [1.54, 1.807) is 6.07 Å². The summed E-state index contributed by atoms with van der Waals surface area (Å²) in [7, 11) is 0. The van der Waals surface area contributed by atoms with E-state index in [9.17, 15) is 13.2 Å². The number of halogens is 3. The Morgan fingerprint density at radius 2 is 1.70 bits per heavy atom. The fraction of sp³-hybridized carbons (Fsp3) is 0.611. The van der Waals surface area contributed by atoms with Gasteiger partial charge in [0.15, 0.2) is 5.82 Å². The van der Waals surface area contributed by atoms with E-state index >= 15 is 0 Å². The van der Waals surface area contributed by atoms with Gasteiger partial charge in [-0.15, -0.1) is 5.10 Å². The molecule has 0 spiro atoms. The van der Waals surface area contributed by atoms with E-state index in [1.165, 1.54) is 12.1 Å². The van der Waals surface area contributed by atoms with Crippen molar-refractivity contribution in [3.8, 4) is 0 Å². The van der Waals surface area contributed by atoms with Crippen molar-refractivity contribution in [2.75, 3.05) is 31.1 Å². The summed E-state index contributed by atoms with van der Waals surface area (Å²) >= 11 is 0. The first-order chi connectivity index (χ1) is 12.6. The summed E-state index contributed by atoms with van der Waals surface area (Å²) in [5.74, 6) is 0.801. The lowest BCUT2D eigenvalue weighted by Crippen LogP contribution is -2.48. The monoisotopic (exact) mass is 382 g/mol. The Bertz CT molecular complexity index is 772. The van der Waals surface area contributed by atoms with Crippen LogP contribution in [0.2, 0.25) is 0 Å². The molecule has 0 radical (unpaired) electrons. The minimum Gasteiger partial charge on any atom is -0.369 e. The minimum absolute atomic E-state index is 0.0304. The molecule has 0 unspecified atom stereocenters. The van der Waals surface area contributed by atoms with Crippen molar-refractivity contribution < 1.29 is 13.2 Å². The Kier molecular flexibility index (Phi) is 5.16. The van der Waals surface area contributed by atoms with Gasteiger partial charge in [0.1, 0.15) is 0 Å². The van der Waals surface area contributed by atoms with Gasteiger partial charge in [0.2, 0.25) is 0 Å². The first-order valence-electron chi connectivity index (χ1n) is 9.02. The molecule has 27 heavy (non-hydrogen) atoms. The molecule has 9 heteroatoms. The highest BCUT2D eigenvalue weighted by Gasteiger charge is 2.32. The maximum absolute atomic E-state index is 12.9. The van der Waals surface area contributed by atoms with E-state index in [0.717, 1.165) is 25.0 Å². The normalized spacial score (nSPS) is 18.0. The summed E-state index contributed by atoms with van der Waals surface area (Å²) in [4.78, 5) is 4.25. The fourth-order valence-corrected chi connectivity index (χ4v) is 3.34. The lowest BCUT2D eigenvalue weighted by atomic mass is 10.1. The van der Waals surface area contributed by atoms with Crippen molar-refractivity contribution in [3.63, 3.8) is 0 Å². The average Bonchev–Trinajstić information content (AvgIpc) is 3.11. The molecule has 1 atom stereocenters. The number of hydrogen-bond donors (Lipinski definition) is 0. The number of tetrazole rings is 1. The molecular weight excluding hydrogens is 357 g/mol. The Balaban J connectivity index is 1.68. The molecule has 2 heterocycles. The van der Waals surface area contributed by atoms with Gasteiger partial charge < -0.3 is 4.90 Å². The van der Waals surface area contributed by atoms with Crippen LogP contribution in [0.15, 0.2) is 24.3 Å². The molecule has 2 aromatic rings. The van der Waals surface area contributed by atoms with Crippen LogP contribution in [-0.2, 0) is 11.7 Å². The van der Waals surface area contributed by atoms with Crippen LogP contribution >= 0.6 is 0 Å². The summed E-state index contributed by atoms with van der Waals surface area (Å²) in [6.07, 6.45) is -4.32. The second-order valence-corrected chi connectivity index (χ2v) is 7.87. The first kappa shape index (κ1) is 19.6. The second-order valence-electron chi connectivity index (χ2n) is 7.87. The van der Waals surface area contributed by atoms with Gasteiger partial charge in [-0.3, -0.25) is 4.90 Å². The Labute approximate surface area is 156 Å². The zero-order valence-corrected chi connectivity index (χ0v) is 16.0. The van der Waals surface area contributed by atoms with Crippen LogP contribution in [-0.4, -0.2) is 51.3 Å². The highest BCUT2D eigenvalue weighted by molar-refractivity contribution is 5.49. The minimum atomic E-state index is -4.32. The number of benzene rings is 1. The summed E-state index contributed by atoms with van der Waals surface area (Å²) in [5.41, 5.74) is -0.218. The summed E-state index contributed by atoms with van der Waals surface area (Å²) in [5, 5.41) is 12.1. The molecule has 1 fully saturated rings. The fourth-order valence-electron chi connectivity index (χ4n) is 3.34. The number of hydrogen-bond acceptors (Lipinski definition) is 5. The molecule has 1 aliphatic heterocycles. The molecule has 0 bridgehead atoms. The molecule has 1 saturated heterocycles. The van der Waals surface area contributed by atoms with Crippen LogP contribution in [0.3, 0.4) is 0 Å². The Hall–Kier alpha value is -2.16. The average molecular weight is 382 g/mol. The van der Waals surface area contributed by atoms with Gasteiger partial charge in [-0.05, 0) is 56.3 Å². The molecule has 3 rings (SSSR count). The number of alkyl halides is 3. The molecule has 1 aliphatic rings. The lowest BCUT2D eigenvalue weighted by molar-refractivity contribution is -0.137. The maximum atomic E-state index is 12.9. The molecule has 6 nitrogen and oxygen atoms in total. The van der Waals surface area contributed by atoms with Gasteiger partial charge in [0, 0.05) is 31.9 Å². The second kappa shape index (κ2) is 7.10. The molecule has 0 aliphatic carbocycles. The molecule has 0 N–H and O–H groups in total. The molecule has 148 valence electrons. The predicted octanol–water partition coefficient (Wildman–Crippen LogP) is 3.33. The van der Waals surface area contributed by atoms with E-state index < -0.39 is 11.7 Å². The number of rotatable bonds is 3. The molecule has 1 aromatic carbocycles. The van der Waals surface area contributed by atoms with Crippen molar-refractivity contribution >= 4 is 5.69 Å². The maximum Gasteiger partial charge on any atom is 0.416 e. The van der Waals surface area contributed by atoms with E-state index in [0.29, 0.717) is 18.8 Å². The predicted molar refractivity (Wildman–Crippen MR) is 96.5 cm³/mol. The number of nitrogens with zero attached hydrogens (tertiary/aromatic N) is 6. The molecular formula is C18H25F3N6. The standard InChI is InChI=1S/C18H25F3N6/c1-13(16-22-23-24-27(16)17(2,3)4)25-8-10-26(11-9-25)15-7-5-6-14(12-15)18(19,20)21/h5-7,12-13H,8-11H2,1-4H3/t13-/m0/s1. The largest absolute Gasteiger partial charge is 0.416 e. The smallest absolute Gasteiger partial charge is 0.369 e. The van der Waals surface area contributed by atoms with Gasteiger partial charge in [-0.25, -0.2) is 4.68 Å². The van der Waals surface area contributed by atoms with E-state index in [4.69, 9.17) is 0 Å². The van der Waals surface area contributed by atoms with Crippen LogP contribution in [0, 0.1) is 0 Å². The Morgan fingerprint density at radius 3 is 2.30 bits per heavy atom. The lowest BCUT2D eigenvalue weighted by Gasteiger charge is -2.39. The van der Waals surface area contributed by atoms with E-state index in [1.807, 2.05) is 30.4 Å². The summed E-state index contributed by atoms with van der Waals surface area (Å²) in [6, 6.07) is 5.55. The van der Waals surface area contributed by atoms with Crippen LogP contribution < -0.4 is 4.90 Å². The quantitative estimate of drug-likeness (QED) is 0.815. The zero-order valence-electron chi connectivity index (χ0n) is 16.0. The van der Waals surface area contributed by atoms with Crippen molar-refractivity contribution in [2.45, 2.75) is 45.5 Å². The van der Waals surface area contributed by atoms with Crippen LogP contribution in [0.5, 0.6) is 0 Å². The van der Waals surface area contributed by atoms with Crippen molar-refractivity contribution in [1.29, 1.82) is 0 Å². The van der Waals surface area contributed by atoms with Gasteiger partial charge in [-0.2, -0.15) is 13.2 Å². The van der Waals surface area contributed by atoms with Gasteiger partial charge in [-0.1, -0.05) is 6.07 Å². The summed E-state index contributed by atoms with van der Waals surface area (Å²) < 4.78 is 40.7. The van der Waals surface area contributed by atoms with E-state index in [2.05, 4.69) is 27.3 Å². The topological polar surface area (TPSA) is 50.1 Å². The van der Waals surface area contributed by atoms with Gasteiger partial charge in [0.25, 0.3) is 0 Å². The third-order valence-corrected chi connectivity index (χ3v) is 4.90. The van der Waals surface area contributed by atoms with E-state index in [-0.39, 0.29) is 11.6 Å². The van der Waals surface area contributed by atoms with Crippen molar-refractivity contribution in [1.82, 2.24) is 25.1 Å². The third kappa shape index (κ3) is 4.23. The third-order valence-electron chi connectivity index (χ3n) is 4.90. The Morgan fingerprint density at radius 1 is 1.04 bits per heavy atom. The van der Waals surface area contributed by atoms with Crippen LogP contribution in [0.4, 0.5) is 18.9 Å². The highest BCUT2D eigenvalue weighted by atomic mass is 19.4. The molecule has 1 aromatic heterocycles. The molecule has 0 saturated carbocycles. The zero-order chi connectivity index (χ0) is 19.8. The number of piperazine rings is 1. The van der Waals surface area contributed by atoms with Crippen molar-refractivity contribution in [3.05, 3.63) is 35.7 Å². The molecule has 0 amide bonds. The summed E-state index contributed by atoms with van der Waals surface area (Å²) in [6.45, 7) is 11.0. The SMILES string of the molecule is C[C@@H](c1nnnn1C(C)(C)C)N1CCN(c2cccc(C(F)(F)F)c2)CC1. The highest BCUT2D eigenvalue weighted by Crippen LogP contribution is 2.32. The van der Waals surface area contributed by atoms with Crippen LogP contribution in [0.1, 0.15) is 45.1 Å². The van der Waals surface area contributed by atoms with Crippen LogP contribution in [0.25, 0.3) is 0 Å².